The third kappa shape index (κ3) is 1.89. The molecule has 66 valence electrons. The lowest BCUT2D eigenvalue weighted by Gasteiger charge is -2.00. The summed E-state index contributed by atoms with van der Waals surface area (Å²) in [5, 5.41) is 1.63. The predicted octanol–water partition coefficient (Wildman–Crippen LogP) is 2.87. The molecule has 0 aliphatic carbocycles. The number of rotatable bonds is 3. The number of nitrogens with two attached hydrogens (primary N) is 1. The van der Waals surface area contributed by atoms with E-state index in [0.717, 1.165) is 11.3 Å². The van der Waals surface area contributed by atoms with Crippen molar-refractivity contribution < 1.29 is 8.78 Å². The molecular formula is C8H9F2NS. The Morgan fingerprint density at radius 3 is 2.67 bits per heavy atom. The van der Waals surface area contributed by atoms with E-state index >= 15 is 0 Å². The van der Waals surface area contributed by atoms with Crippen LogP contribution in [0.1, 0.15) is 22.9 Å². The van der Waals surface area contributed by atoms with E-state index in [9.17, 15) is 8.78 Å². The van der Waals surface area contributed by atoms with Crippen molar-refractivity contribution in [1.82, 2.24) is 0 Å². The van der Waals surface area contributed by atoms with Gasteiger partial charge in [0.15, 0.2) is 0 Å². The first-order valence-electron chi connectivity index (χ1n) is 3.39. The summed E-state index contributed by atoms with van der Waals surface area (Å²) in [6.45, 7) is 3.48. The molecule has 1 nitrogen and oxygen atoms in total. The second kappa shape index (κ2) is 3.78. The van der Waals surface area contributed by atoms with E-state index in [2.05, 4.69) is 6.58 Å². The maximum absolute atomic E-state index is 12.1. The van der Waals surface area contributed by atoms with Crippen molar-refractivity contribution in [3.05, 3.63) is 34.5 Å². The van der Waals surface area contributed by atoms with E-state index in [1.54, 1.807) is 5.38 Å². The summed E-state index contributed by atoms with van der Waals surface area (Å²) in [6, 6.07) is 1.08. The molecule has 0 amide bonds. The van der Waals surface area contributed by atoms with Crippen molar-refractivity contribution in [2.45, 2.75) is 12.5 Å². The van der Waals surface area contributed by atoms with Gasteiger partial charge in [-0.05, 0) is 17.0 Å². The lowest BCUT2D eigenvalue weighted by Crippen LogP contribution is -2.04. The van der Waals surface area contributed by atoms with Gasteiger partial charge in [-0.2, -0.15) is 0 Å². The first-order chi connectivity index (χ1) is 5.65. The number of alkyl halides is 2. The molecule has 12 heavy (non-hydrogen) atoms. The molecule has 4 heteroatoms. The van der Waals surface area contributed by atoms with Gasteiger partial charge >= 0.3 is 0 Å². The minimum absolute atomic E-state index is 0.0577. The van der Waals surface area contributed by atoms with Crippen LogP contribution in [-0.4, -0.2) is 0 Å². The monoisotopic (exact) mass is 189 g/mol. The van der Waals surface area contributed by atoms with E-state index in [0.29, 0.717) is 5.56 Å². The third-order valence-electron chi connectivity index (χ3n) is 1.49. The Labute approximate surface area is 73.5 Å². The van der Waals surface area contributed by atoms with E-state index in [1.165, 1.54) is 12.1 Å². The van der Waals surface area contributed by atoms with Crippen molar-refractivity contribution in [3.8, 4) is 0 Å². The van der Waals surface area contributed by atoms with Gasteiger partial charge < -0.3 is 5.73 Å². The van der Waals surface area contributed by atoms with Gasteiger partial charge in [-0.1, -0.05) is 6.08 Å². The summed E-state index contributed by atoms with van der Waals surface area (Å²) in [5.41, 5.74) is 6.25. The molecule has 1 atom stereocenters. The fourth-order valence-electron chi connectivity index (χ4n) is 0.794. The van der Waals surface area contributed by atoms with E-state index in [1.807, 2.05) is 0 Å². The highest BCUT2D eigenvalue weighted by atomic mass is 32.1. The molecule has 0 unspecified atom stereocenters. The molecule has 0 bridgehead atoms. The molecule has 0 aromatic carbocycles. The first-order valence-corrected chi connectivity index (χ1v) is 4.27. The van der Waals surface area contributed by atoms with Crippen LogP contribution in [0.3, 0.4) is 0 Å². The summed E-state index contributed by atoms with van der Waals surface area (Å²) >= 11 is 1.02. The highest BCUT2D eigenvalue weighted by molar-refractivity contribution is 7.10. The Hall–Kier alpha value is -0.740. The Kier molecular flexibility index (Phi) is 2.94. The summed E-state index contributed by atoms with van der Waals surface area (Å²) in [6.07, 6.45) is -0.877. The number of thiophene rings is 1. The van der Waals surface area contributed by atoms with Crippen LogP contribution in [0.5, 0.6) is 0 Å². The number of hydrogen-bond acceptors (Lipinski definition) is 2. The average Bonchev–Trinajstić information content (AvgIpc) is 2.51. The van der Waals surface area contributed by atoms with Crippen molar-refractivity contribution in [2.75, 3.05) is 0 Å². The molecule has 0 fully saturated rings. The van der Waals surface area contributed by atoms with Gasteiger partial charge in [0.25, 0.3) is 6.43 Å². The van der Waals surface area contributed by atoms with Crippen molar-refractivity contribution in [2.24, 2.45) is 5.73 Å². The molecule has 0 aliphatic heterocycles. The van der Waals surface area contributed by atoms with E-state index < -0.39 is 6.43 Å². The quantitative estimate of drug-likeness (QED) is 0.727. The van der Waals surface area contributed by atoms with Crippen LogP contribution in [0.25, 0.3) is 0 Å². The summed E-state index contributed by atoms with van der Waals surface area (Å²) < 4.78 is 24.2. The van der Waals surface area contributed by atoms with Crippen LogP contribution in [0.15, 0.2) is 24.1 Å². The Morgan fingerprint density at radius 1 is 1.58 bits per heavy atom. The lowest BCUT2D eigenvalue weighted by molar-refractivity contribution is 0.155. The van der Waals surface area contributed by atoms with Crippen LogP contribution in [0.2, 0.25) is 0 Å². The summed E-state index contributed by atoms with van der Waals surface area (Å²) in [5.74, 6) is 0. The van der Waals surface area contributed by atoms with Crippen molar-refractivity contribution in [1.29, 1.82) is 0 Å². The van der Waals surface area contributed by atoms with Gasteiger partial charge in [-0.3, -0.25) is 0 Å². The first kappa shape index (κ1) is 9.35. The topological polar surface area (TPSA) is 26.0 Å². The van der Waals surface area contributed by atoms with Gasteiger partial charge in [0.1, 0.15) is 0 Å². The van der Waals surface area contributed by atoms with Crippen LogP contribution >= 0.6 is 11.3 Å². The standard InChI is InChI=1S/C8H9F2NS/c1-2-6(11)5-3-7(8(9)10)12-4-5/h2-4,6,8H,1,11H2/t6-/m1/s1. The fourth-order valence-corrected chi connectivity index (χ4v) is 1.60. The predicted molar refractivity (Wildman–Crippen MR) is 46.4 cm³/mol. The average molecular weight is 189 g/mol. The van der Waals surface area contributed by atoms with Crippen LogP contribution < -0.4 is 5.73 Å². The number of halogens is 2. The molecular weight excluding hydrogens is 180 g/mol. The third-order valence-corrected chi connectivity index (χ3v) is 2.45. The maximum Gasteiger partial charge on any atom is 0.272 e. The summed E-state index contributed by atoms with van der Waals surface area (Å²) in [4.78, 5) is 0.0577. The molecule has 0 aliphatic rings. The Morgan fingerprint density at radius 2 is 2.25 bits per heavy atom. The Balaban J connectivity index is 2.83. The summed E-state index contributed by atoms with van der Waals surface area (Å²) in [7, 11) is 0. The van der Waals surface area contributed by atoms with Crippen LogP contribution in [-0.2, 0) is 0 Å². The molecule has 0 spiro atoms. The molecule has 1 rings (SSSR count). The maximum atomic E-state index is 12.1. The minimum atomic E-state index is -2.40. The second-order valence-electron chi connectivity index (χ2n) is 2.34. The van der Waals surface area contributed by atoms with Crippen LogP contribution in [0.4, 0.5) is 8.78 Å². The lowest BCUT2D eigenvalue weighted by atomic mass is 10.1. The Bertz CT molecular complexity index is 270. The smallest absolute Gasteiger partial charge is 0.272 e. The molecule has 2 N–H and O–H groups in total. The zero-order valence-electron chi connectivity index (χ0n) is 6.34. The SMILES string of the molecule is C=C[C@@H](N)c1csc(C(F)F)c1. The highest BCUT2D eigenvalue weighted by Crippen LogP contribution is 2.28. The highest BCUT2D eigenvalue weighted by Gasteiger charge is 2.11. The molecule has 0 saturated carbocycles. The zero-order chi connectivity index (χ0) is 9.14. The molecule has 1 heterocycles. The second-order valence-corrected chi connectivity index (χ2v) is 3.29. The largest absolute Gasteiger partial charge is 0.321 e. The van der Waals surface area contributed by atoms with Crippen LogP contribution in [0, 0.1) is 0 Å². The fraction of sp³-hybridized carbons (Fsp3) is 0.250. The minimum Gasteiger partial charge on any atom is -0.321 e. The van der Waals surface area contributed by atoms with E-state index in [-0.39, 0.29) is 10.9 Å². The van der Waals surface area contributed by atoms with E-state index in [4.69, 9.17) is 5.73 Å². The van der Waals surface area contributed by atoms with Gasteiger partial charge in [0.05, 0.1) is 4.88 Å². The molecule has 0 radical (unpaired) electrons. The zero-order valence-corrected chi connectivity index (χ0v) is 7.15. The van der Waals surface area contributed by atoms with Gasteiger partial charge in [0.2, 0.25) is 0 Å². The van der Waals surface area contributed by atoms with Gasteiger partial charge in [-0.15, -0.1) is 17.9 Å². The number of hydrogen-bond donors (Lipinski definition) is 1. The molecule has 0 saturated heterocycles. The van der Waals surface area contributed by atoms with Crippen molar-refractivity contribution in [3.63, 3.8) is 0 Å². The molecule has 1 aromatic rings. The van der Waals surface area contributed by atoms with Gasteiger partial charge in [0, 0.05) is 6.04 Å². The normalized spacial score (nSPS) is 13.3. The van der Waals surface area contributed by atoms with Gasteiger partial charge in [-0.25, -0.2) is 8.78 Å². The van der Waals surface area contributed by atoms with Crippen molar-refractivity contribution >= 4 is 11.3 Å². The molecule has 1 aromatic heterocycles.